The number of likely N-dealkylation sites (tertiary alicyclic amines) is 1. The van der Waals surface area contributed by atoms with Gasteiger partial charge in [0.2, 0.25) is 0 Å². The molecule has 0 amide bonds. The van der Waals surface area contributed by atoms with Crippen molar-refractivity contribution in [3.8, 4) is 0 Å². The number of hydrogen-bond donors (Lipinski definition) is 2. The van der Waals surface area contributed by atoms with Crippen LogP contribution in [0.2, 0.25) is 0 Å². The third kappa shape index (κ3) is 7.27. The van der Waals surface area contributed by atoms with Crippen LogP contribution in [0.5, 0.6) is 0 Å². The minimum atomic E-state index is -4.29. The second kappa shape index (κ2) is 10.7. The first-order valence-electron chi connectivity index (χ1n) is 10.7. The van der Waals surface area contributed by atoms with Crippen molar-refractivity contribution in [2.24, 2.45) is 12.0 Å². The number of guanidine groups is 1. The van der Waals surface area contributed by atoms with Gasteiger partial charge in [0, 0.05) is 52.0 Å². The number of rotatable bonds is 8. The van der Waals surface area contributed by atoms with Gasteiger partial charge in [-0.1, -0.05) is 12.1 Å². The summed E-state index contributed by atoms with van der Waals surface area (Å²) in [5, 5.41) is 11.0. The molecule has 1 aliphatic rings. The molecule has 0 aliphatic carbocycles. The van der Waals surface area contributed by atoms with Crippen molar-refractivity contribution in [1.29, 1.82) is 0 Å². The fourth-order valence-electron chi connectivity index (χ4n) is 3.74. The van der Waals surface area contributed by atoms with Crippen molar-refractivity contribution in [1.82, 2.24) is 25.3 Å². The van der Waals surface area contributed by atoms with Crippen molar-refractivity contribution in [3.63, 3.8) is 0 Å². The number of nitrogens with zero attached hydrogens (tertiary/aromatic N) is 4. The van der Waals surface area contributed by atoms with E-state index in [4.69, 9.17) is 0 Å². The molecule has 2 N–H and O–H groups in total. The highest BCUT2D eigenvalue weighted by molar-refractivity contribution is 5.80. The molecule has 0 bridgehead atoms. The fraction of sp³-hybridized carbons (Fsp3) is 0.545. The van der Waals surface area contributed by atoms with E-state index in [1.54, 1.807) is 16.8 Å². The lowest BCUT2D eigenvalue weighted by Crippen LogP contribution is -2.44. The van der Waals surface area contributed by atoms with Gasteiger partial charge in [0.25, 0.3) is 0 Å². The van der Waals surface area contributed by atoms with Gasteiger partial charge >= 0.3 is 6.18 Å². The molecule has 6 nitrogen and oxygen atoms in total. The monoisotopic (exact) mass is 436 g/mol. The summed E-state index contributed by atoms with van der Waals surface area (Å²) in [6.45, 7) is 5.94. The summed E-state index contributed by atoms with van der Waals surface area (Å²) < 4.78 is 40.0. The van der Waals surface area contributed by atoms with Gasteiger partial charge in [-0.2, -0.15) is 18.3 Å². The molecule has 9 heteroatoms. The third-order valence-corrected chi connectivity index (χ3v) is 5.30. The minimum Gasteiger partial charge on any atom is -0.357 e. The summed E-state index contributed by atoms with van der Waals surface area (Å²) >= 11 is 0. The van der Waals surface area contributed by atoms with Gasteiger partial charge in [-0.15, -0.1) is 0 Å². The van der Waals surface area contributed by atoms with Crippen LogP contribution in [0, 0.1) is 0 Å². The molecular weight excluding hydrogens is 405 g/mol. The largest absolute Gasteiger partial charge is 0.416 e. The minimum absolute atomic E-state index is 0.269. The number of aryl methyl sites for hydroxylation is 2. The Balaban J connectivity index is 1.45. The van der Waals surface area contributed by atoms with Crippen LogP contribution in [0.1, 0.15) is 36.5 Å². The summed E-state index contributed by atoms with van der Waals surface area (Å²) in [7, 11) is 1.91. The molecule has 1 saturated heterocycles. The van der Waals surface area contributed by atoms with Gasteiger partial charge in [0.1, 0.15) is 0 Å². The number of nitrogens with one attached hydrogen (secondary N) is 2. The first-order chi connectivity index (χ1) is 14.8. The van der Waals surface area contributed by atoms with E-state index in [-0.39, 0.29) is 6.04 Å². The molecule has 1 unspecified atom stereocenters. The van der Waals surface area contributed by atoms with Crippen LogP contribution < -0.4 is 10.6 Å². The zero-order valence-corrected chi connectivity index (χ0v) is 18.1. The van der Waals surface area contributed by atoms with Crippen LogP contribution in [0.25, 0.3) is 0 Å². The number of alkyl halides is 3. The zero-order chi connectivity index (χ0) is 22.3. The maximum absolute atomic E-state index is 12.7. The van der Waals surface area contributed by atoms with Gasteiger partial charge in [-0.3, -0.25) is 14.6 Å². The first-order valence-corrected chi connectivity index (χ1v) is 10.7. The van der Waals surface area contributed by atoms with Crippen molar-refractivity contribution < 1.29 is 13.2 Å². The highest BCUT2D eigenvalue weighted by Crippen LogP contribution is 2.29. The Morgan fingerprint density at radius 2 is 2.00 bits per heavy atom. The van der Waals surface area contributed by atoms with Crippen LogP contribution in [0.3, 0.4) is 0 Å². The Hall–Kier alpha value is -2.55. The van der Waals surface area contributed by atoms with Crippen molar-refractivity contribution in [2.45, 2.75) is 44.9 Å². The summed E-state index contributed by atoms with van der Waals surface area (Å²) in [5.74, 6) is 0.815. The summed E-state index contributed by atoms with van der Waals surface area (Å²) in [4.78, 5) is 6.94. The third-order valence-electron chi connectivity index (χ3n) is 5.30. The molecule has 1 aromatic carbocycles. The average Bonchev–Trinajstić information content (AvgIpc) is 3.33. The molecule has 1 fully saturated rings. The van der Waals surface area contributed by atoms with E-state index in [1.165, 1.54) is 5.56 Å². The van der Waals surface area contributed by atoms with E-state index in [0.29, 0.717) is 6.54 Å². The number of halogens is 3. The van der Waals surface area contributed by atoms with Crippen molar-refractivity contribution >= 4 is 5.96 Å². The molecule has 3 rings (SSSR count). The summed E-state index contributed by atoms with van der Waals surface area (Å²) in [6, 6.07) is 5.71. The maximum Gasteiger partial charge on any atom is 0.416 e. The smallest absolute Gasteiger partial charge is 0.357 e. The maximum atomic E-state index is 12.7. The SMILES string of the molecule is CCNC(=NCCCc1cnn(C)c1)NC1CCN(Cc2ccc(C(F)(F)F)cc2)C1. The van der Waals surface area contributed by atoms with Gasteiger partial charge in [-0.05, 0) is 49.4 Å². The average molecular weight is 437 g/mol. The van der Waals surface area contributed by atoms with E-state index >= 15 is 0 Å². The predicted octanol–water partition coefficient (Wildman–Crippen LogP) is 3.20. The van der Waals surface area contributed by atoms with Crippen molar-refractivity contribution in [2.75, 3.05) is 26.2 Å². The number of benzene rings is 1. The Labute approximate surface area is 181 Å². The Bertz CT molecular complexity index is 844. The predicted molar refractivity (Wildman–Crippen MR) is 116 cm³/mol. The van der Waals surface area contributed by atoms with E-state index in [0.717, 1.165) is 69.1 Å². The van der Waals surface area contributed by atoms with Gasteiger partial charge in [0.15, 0.2) is 5.96 Å². The standard InChI is InChI=1S/C22H31F3N6/c1-3-26-21(27-11-4-5-18-13-28-30(2)14-18)29-20-10-12-31(16-20)15-17-6-8-19(9-7-17)22(23,24)25/h6-9,13-14,20H,3-5,10-12,15-16H2,1-2H3,(H2,26,27,29). The van der Waals surface area contributed by atoms with Crippen LogP contribution in [-0.4, -0.2) is 52.9 Å². The lowest BCUT2D eigenvalue weighted by Gasteiger charge is -2.19. The van der Waals surface area contributed by atoms with Gasteiger partial charge in [0.05, 0.1) is 11.8 Å². The Morgan fingerprint density at radius 1 is 1.23 bits per heavy atom. The van der Waals surface area contributed by atoms with Crippen molar-refractivity contribution in [3.05, 3.63) is 53.3 Å². The molecule has 0 spiro atoms. The van der Waals surface area contributed by atoms with Crippen LogP contribution >= 0.6 is 0 Å². The topological polar surface area (TPSA) is 57.5 Å². The second-order valence-electron chi connectivity index (χ2n) is 7.95. The lowest BCUT2D eigenvalue weighted by atomic mass is 10.1. The highest BCUT2D eigenvalue weighted by atomic mass is 19.4. The Kier molecular flexibility index (Phi) is 7.95. The highest BCUT2D eigenvalue weighted by Gasteiger charge is 2.30. The number of aliphatic imine (C=N–C) groups is 1. The van der Waals surface area contributed by atoms with Crippen LogP contribution in [-0.2, 0) is 26.2 Å². The molecule has 31 heavy (non-hydrogen) atoms. The molecule has 2 heterocycles. The molecule has 0 saturated carbocycles. The van der Waals surface area contributed by atoms with Gasteiger partial charge < -0.3 is 10.6 Å². The summed E-state index contributed by atoms with van der Waals surface area (Å²) in [5.41, 5.74) is 1.50. The molecule has 1 aromatic heterocycles. The second-order valence-corrected chi connectivity index (χ2v) is 7.95. The molecule has 1 aliphatic heterocycles. The van der Waals surface area contributed by atoms with Crippen LogP contribution in [0.4, 0.5) is 13.2 Å². The Morgan fingerprint density at radius 3 is 2.65 bits per heavy atom. The van der Waals surface area contributed by atoms with E-state index < -0.39 is 11.7 Å². The van der Waals surface area contributed by atoms with Gasteiger partial charge in [-0.25, -0.2) is 0 Å². The molecule has 170 valence electrons. The molecular formula is C22H31F3N6. The quantitative estimate of drug-likeness (QED) is 0.379. The molecule has 1 atom stereocenters. The first kappa shape index (κ1) is 23.1. The zero-order valence-electron chi connectivity index (χ0n) is 18.1. The lowest BCUT2D eigenvalue weighted by molar-refractivity contribution is -0.137. The fourth-order valence-corrected chi connectivity index (χ4v) is 3.74. The van der Waals surface area contributed by atoms with E-state index in [9.17, 15) is 13.2 Å². The normalized spacial score (nSPS) is 17.8. The summed E-state index contributed by atoms with van der Waals surface area (Å²) in [6.07, 6.45) is 2.49. The number of aromatic nitrogens is 2. The van der Waals surface area contributed by atoms with E-state index in [2.05, 4.69) is 25.6 Å². The van der Waals surface area contributed by atoms with Crippen LogP contribution in [0.15, 0.2) is 41.7 Å². The molecule has 0 radical (unpaired) electrons. The molecule has 2 aromatic rings. The van der Waals surface area contributed by atoms with E-state index in [1.807, 2.05) is 26.4 Å². The number of hydrogen-bond acceptors (Lipinski definition) is 3.